The summed E-state index contributed by atoms with van der Waals surface area (Å²) in [6.07, 6.45) is 0.941. The van der Waals surface area contributed by atoms with Crippen LogP contribution in [0, 0.1) is 17.0 Å². The van der Waals surface area contributed by atoms with E-state index >= 15 is 0 Å². The molecule has 0 saturated heterocycles. The molecule has 0 bridgehead atoms. The number of nitrogens with one attached hydrogen (secondary N) is 1. The number of hydrogen-bond donors (Lipinski definition) is 2. The third-order valence-electron chi connectivity index (χ3n) is 2.83. The summed E-state index contributed by atoms with van der Waals surface area (Å²) in [7, 11) is 0. The standard InChI is InChI=1S/C12H18F2N2/c1-4-12(2,3)7-16-11-9(15)6-5-8(13)10(11)14/h5-6,16H,4,7,15H2,1-3H3. The lowest BCUT2D eigenvalue weighted by atomic mass is 9.90. The highest BCUT2D eigenvalue weighted by Crippen LogP contribution is 2.27. The van der Waals surface area contributed by atoms with Gasteiger partial charge in [-0.1, -0.05) is 20.8 Å². The molecule has 0 unspecified atom stereocenters. The van der Waals surface area contributed by atoms with E-state index in [4.69, 9.17) is 5.73 Å². The summed E-state index contributed by atoms with van der Waals surface area (Å²) >= 11 is 0. The summed E-state index contributed by atoms with van der Waals surface area (Å²) in [6, 6.07) is 2.39. The molecule has 90 valence electrons. The molecule has 1 rings (SSSR count). The fourth-order valence-electron chi connectivity index (χ4n) is 1.20. The quantitative estimate of drug-likeness (QED) is 0.775. The lowest BCUT2D eigenvalue weighted by Crippen LogP contribution is -2.23. The minimum absolute atomic E-state index is 0.0190. The topological polar surface area (TPSA) is 38.0 Å². The molecule has 2 nitrogen and oxygen atoms in total. The first-order chi connectivity index (χ1) is 7.37. The van der Waals surface area contributed by atoms with Gasteiger partial charge in [0, 0.05) is 6.54 Å². The Morgan fingerprint density at radius 2 is 1.94 bits per heavy atom. The van der Waals surface area contributed by atoms with Crippen molar-refractivity contribution >= 4 is 11.4 Å². The lowest BCUT2D eigenvalue weighted by Gasteiger charge is -2.24. The van der Waals surface area contributed by atoms with Crippen LogP contribution in [0.1, 0.15) is 27.2 Å². The minimum Gasteiger partial charge on any atom is -0.397 e. The maximum Gasteiger partial charge on any atom is 0.183 e. The number of anilines is 2. The molecule has 0 radical (unpaired) electrons. The fraction of sp³-hybridized carbons (Fsp3) is 0.500. The second-order valence-electron chi connectivity index (χ2n) is 4.70. The van der Waals surface area contributed by atoms with Crippen molar-refractivity contribution in [3.63, 3.8) is 0 Å². The van der Waals surface area contributed by atoms with Crippen molar-refractivity contribution in [3.8, 4) is 0 Å². The Balaban J connectivity index is 2.86. The molecular formula is C12H18F2N2. The molecular weight excluding hydrogens is 210 g/mol. The molecule has 0 saturated carbocycles. The smallest absolute Gasteiger partial charge is 0.183 e. The first-order valence-corrected chi connectivity index (χ1v) is 5.35. The highest BCUT2D eigenvalue weighted by atomic mass is 19.2. The molecule has 0 fully saturated rings. The van der Waals surface area contributed by atoms with Crippen LogP contribution in [-0.4, -0.2) is 6.54 Å². The van der Waals surface area contributed by atoms with Crippen LogP contribution < -0.4 is 11.1 Å². The van der Waals surface area contributed by atoms with Crippen LogP contribution in [0.15, 0.2) is 12.1 Å². The molecule has 4 heteroatoms. The molecule has 0 amide bonds. The Hall–Kier alpha value is -1.32. The molecule has 0 spiro atoms. The molecule has 0 aliphatic carbocycles. The summed E-state index contributed by atoms with van der Waals surface area (Å²) in [4.78, 5) is 0. The number of rotatable bonds is 4. The zero-order chi connectivity index (χ0) is 12.3. The Morgan fingerprint density at radius 3 is 2.50 bits per heavy atom. The van der Waals surface area contributed by atoms with Crippen LogP contribution in [-0.2, 0) is 0 Å². The summed E-state index contributed by atoms with van der Waals surface area (Å²) in [5.41, 5.74) is 5.90. The molecule has 1 aromatic carbocycles. The number of nitrogen functional groups attached to an aromatic ring is 1. The minimum atomic E-state index is -0.910. The highest BCUT2D eigenvalue weighted by molar-refractivity contribution is 5.66. The summed E-state index contributed by atoms with van der Waals surface area (Å²) in [5.74, 6) is -1.79. The molecule has 0 aliphatic heterocycles. The Labute approximate surface area is 94.8 Å². The first kappa shape index (κ1) is 12.7. The van der Waals surface area contributed by atoms with Crippen molar-refractivity contribution in [3.05, 3.63) is 23.8 Å². The van der Waals surface area contributed by atoms with Crippen LogP contribution in [0.25, 0.3) is 0 Å². The van der Waals surface area contributed by atoms with E-state index < -0.39 is 11.6 Å². The summed E-state index contributed by atoms with van der Waals surface area (Å²) < 4.78 is 26.4. The van der Waals surface area contributed by atoms with E-state index in [0.717, 1.165) is 12.5 Å². The largest absolute Gasteiger partial charge is 0.397 e. The van der Waals surface area contributed by atoms with Gasteiger partial charge in [0.1, 0.15) is 0 Å². The average Bonchev–Trinajstić information content (AvgIpc) is 2.24. The van der Waals surface area contributed by atoms with E-state index in [-0.39, 0.29) is 16.8 Å². The molecule has 0 heterocycles. The SMILES string of the molecule is CCC(C)(C)CNc1c(N)ccc(F)c1F. The second kappa shape index (κ2) is 4.68. The van der Waals surface area contributed by atoms with E-state index in [9.17, 15) is 8.78 Å². The van der Waals surface area contributed by atoms with Crippen LogP contribution in [0.5, 0.6) is 0 Å². The Morgan fingerprint density at radius 1 is 1.31 bits per heavy atom. The van der Waals surface area contributed by atoms with Crippen molar-refractivity contribution in [1.82, 2.24) is 0 Å². The fourth-order valence-corrected chi connectivity index (χ4v) is 1.20. The Bertz CT molecular complexity index is 376. The van der Waals surface area contributed by atoms with Gasteiger partial charge >= 0.3 is 0 Å². The predicted molar refractivity (Wildman–Crippen MR) is 63.3 cm³/mol. The van der Waals surface area contributed by atoms with Gasteiger partial charge < -0.3 is 11.1 Å². The number of hydrogen-bond acceptors (Lipinski definition) is 2. The van der Waals surface area contributed by atoms with Gasteiger partial charge in [0.15, 0.2) is 11.6 Å². The van der Waals surface area contributed by atoms with Crippen molar-refractivity contribution in [2.75, 3.05) is 17.6 Å². The van der Waals surface area contributed by atoms with Crippen LogP contribution >= 0.6 is 0 Å². The lowest BCUT2D eigenvalue weighted by molar-refractivity contribution is 0.376. The van der Waals surface area contributed by atoms with Gasteiger partial charge in [0.25, 0.3) is 0 Å². The molecule has 1 aromatic rings. The van der Waals surface area contributed by atoms with E-state index in [1.165, 1.54) is 6.07 Å². The Kier molecular flexibility index (Phi) is 3.73. The van der Waals surface area contributed by atoms with Gasteiger partial charge in [-0.05, 0) is 24.0 Å². The number of nitrogens with two attached hydrogens (primary N) is 1. The van der Waals surface area contributed by atoms with Crippen LogP contribution in [0.3, 0.4) is 0 Å². The van der Waals surface area contributed by atoms with E-state index in [0.29, 0.717) is 6.54 Å². The zero-order valence-electron chi connectivity index (χ0n) is 9.90. The van der Waals surface area contributed by atoms with Crippen molar-refractivity contribution in [2.24, 2.45) is 5.41 Å². The summed E-state index contributed by atoms with van der Waals surface area (Å²) in [5, 5.41) is 2.87. The van der Waals surface area contributed by atoms with Gasteiger partial charge in [-0.2, -0.15) is 0 Å². The zero-order valence-corrected chi connectivity index (χ0v) is 9.90. The van der Waals surface area contributed by atoms with E-state index in [2.05, 4.69) is 5.32 Å². The van der Waals surface area contributed by atoms with Crippen LogP contribution in [0.2, 0.25) is 0 Å². The number of benzene rings is 1. The number of halogens is 2. The molecule has 0 aromatic heterocycles. The van der Waals surface area contributed by atoms with Crippen molar-refractivity contribution in [2.45, 2.75) is 27.2 Å². The van der Waals surface area contributed by atoms with E-state index in [1.54, 1.807) is 0 Å². The van der Waals surface area contributed by atoms with Gasteiger partial charge in [-0.3, -0.25) is 0 Å². The second-order valence-corrected chi connectivity index (χ2v) is 4.70. The maximum atomic E-state index is 13.4. The molecule has 0 aliphatic rings. The van der Waals surface area contributed by atoms with E-state index in [1.807, 2.05) is 20.8 Å². The van der Waals surface area contributed by atoms with Crippen LogP contribution in [0.4, 0.5) is 20.2 Å². The summed E-state index contributed by atoms with van der Waals surface area (Å²) in [6.45, 7) is 6.70. The normalized spacial score (nSPS) is 11.6. The monoisotopic (exact) mass is 228 g/mol. The van der Waals surface area contributed by atoms with Gasteiger partial charge in [0.2, 0.25) is 0 Å². The predicted octanol–water partition coefficient (Wildman–Crippen LogP) is 3.40. The highest BCUT2D eigenvalue weighted by Gasteiger charge is 2.17. The van der Waals surface area contributed by atoms with Gasteiger partial charge in [0.05, 0.1) is 11.4 Å². The van der Waals surface area contributed by atoms with Gasteiger partial charge in [-0.15, -0.1) is 0 Å². The molecule has 0 atom stereocenters. The first-order valence-electron chi connectivity index (χ1n) is 5.35. The van der Waals surface area contributed by atoms with Crippen molar-refractivity contribution in [1.29, 1.82) is 0 Å². The molecule has 3 N–H and O–H groups in total. The van der Waals surface area contributed by atoms with Crippen molar-refractivity contribution < 1.29 is 8.78 Å². The maximum absolute atomic E-state index is 13.4. The van der Waals surface area contributed by atoms with Gasteiger partial charge in [-0.25, -0.2) is 8.78 Å². The average molecular weight is 228 g/mol. The molecule has 16 heavy (non-hydrogen) atoms. The third-order valence-corrected chi connectivity index (χ3v) is 2.83. The third kappa shape index (κ3) is 2.84.